The lowest BCUT2D eigenvalue weighted by Gasteiger charge is -2.37. The average Bonchev–Trinajstić information content (AvgIpc) is 3.52. The van der Waals surface area contributed by atoms with E-state index in [-0.39, 0.29) is 15.7 Å². The van der Waals surface area contributed by atoms with Crippen molar-refractivity contribution < 1.29 is 8.42 Å². The van der Waals surface area contributed by atoms with E-state index in [1.165, 1.54) is 16.0 Å². The van der Waals surface area contributed by atoms with Crippen molar-refractivity contribution in [2.45, 2.75) is 38.5 Å². The molecule has 2 aliphatic rings. The van der Waals surface area contributed by atoms with Crippen molar-refractivity contribution in [1.29, 1.82) is 0 Å². The fourth-order valence-corrected chi connectivity index (χ4v) is 7.36. The third kappa shape index (κ3) is 2.76. The minimum absolute atomic E-state index is 0.0835. The zero-order valence-electron chi connectivity index (χ0n) is 19.9. The van der Waals surface area contributed by atoms with Crippen LogP contribution in [0.2, 0.25) is 0 Å². The normalized spacial score (nSPS) is 23.5. The van der Waals surface area contributed by atoms with Gasteiger partial charge in [0, 0.05) is 42.2 Å². The molecule has 0 spiro atoms. The van der Waals surface area contributed by atoms with Crippen molar-refractivity contribution >= 4 is 26.6 Å². The minimum atomic E-state index is -3.80. The van der Waals surface area contributed by atoms with Crippen molar-refractivity contribution in [2.24, 2.45) is 23.8 Å². The molecule has 3 aromatic heterocycles. The zero-order chi connectivity index (χ0) is 23.9. The Morgan fingerprint density at radius 3 is 2.41 bits per heavy atom. The monoisotopic (exact) mass is 472 g/mol. The van der Waals surface area contributed by atoms with Gasteiger partial charge in [0.25, 0.3) is 10.0 Å². The van der Waals surface area contributed by atoms with Crippen LogP contribution in [0.3, 0.4) is 0 Å². The molecule has 3 heterocycles. The lowest BCUT2D eigenvalue weighted by atomic mass is 9.66. The summed E-state index contributed by atoms with van der Waals surface area (Å²) in [5, 5.41) is 5.13. The van der Waals surface area contributed by atoms with Gasteiger partial charge in [-0.25, -0.2) is 17.4 Å². The van der Waals surface area contributed by atoms with Gasteiger partial charge in [0.05, 0.1) is 11.1 Å². The molecule has 1 fully saturated rings. The number of hydrogen-bond acceptors (Lipinski definition) is 4. The molecule has 1 saturated carbocycles. The second kappa shape index (κ2) is 6.92. The van der Waals surface area contributed by atoms with Crippen molar-refractivity contribution in [3.8, 4) is 11.1 Å². The lowest BCUT2D eigenvalue weighted by Crippen LogP contribution is -2.29. The smallest absolute Gasteiger partial charge is 0.269 e. The van der Waals surface area contributed by atoms with Crippen LogP contribution < -0.4 is 0 Å². The Morgan fingerprint density at radius 2 is 1.79 bits per heavy atom. The Hall–Kier alpha value is -3.19. The van der Waals surface area contributed by atoms with Crippen molar-refractivity contribution in [3.63, 3.8) is 0 Å². The van der Waals surface area contributed by atoms with E-state index in [1.54, 1.807) is 41.3 Å². The van der Waals surface area contributed by atoms with Crippen molar-refractivity contribution in [1.82, 2.24) is 18.7 Å². The first kappa shape index (κ1) is 21.4. The SMILES string of the molecule is Cn1cc(-c2cn(S(=O)(=O)c3ccccc3)c3ncc(C4=CC5CC[C@]4(C)C5(C)C)cc23)cn1. The highest BCUT2D eigenvalue weighted by Crippen LogP contribution is 2.67. The summed E-state index contributed by atoms with van der Waals surface area (Å²) in [6, 6.07) is 10.6. The van der Waals surface area contributed by atoms with E-state index in [9.17, 15) is 8.42 Å². The first-order chi connectivity index (χ1) is 16.1. The van der Waals surface area contributed by atoms with Gasteiger partial charge in [0.1, 0.15) is 0 Å². The molecule has 0 amide bonds. The van der Waals surface area contributed by atoms with Gasteiger partial charge in [-0.3, -0.25) is 4.68 Å². The van der Waals surface area contributed by atoms with E-state index in [4.69, 9.17) is 4.98 Å². The van der Waals surface area contributed by atoms with Gasteiger partial charge in [-0.1, -0.05) is 45.0 Å². The van der Waals surface area contributed by atoms with E-state index in [0.717, 1.165) is 28.5 Å². The number of fused-ring (bicyclic) bond motifs is 3. The first-order valence-electron chi connectivity index (χ1n) is 11.7. The van der Waals surface area contributed by atoms with Gasteiger partial charge in [-0.05, 0) is 58.9 Å². The second-order valence-corrected chi connectivity index (χ2v) is 12.2. The molecule has 6 rings (SSSR count). The van der Waals surface area contributed by atoms with Crippen LogP contribution in [-0.2, 0) is 17.1 Å². The van der Waals surface area contributed by atoms with Crippen LogP contribution in [0.5, 0.6) is 0 Å². The van der Waals surface area contributed by atoms with Crippen LogP contribution in [0.1, 0.15) is 39.2 Å². The van der Waals surface area contributed by atoms with Crippen LogP contribution >= 0.6 is 0 Å². The summed E-state index contributed by atoms with van der Waals surface area (Å²) in [6.07, 6.45) is 12.0. The van der Waals surface area contributed by atoms with Gasteiger partial charge in [0.15, 0.2) is 5.65 Å². The molecule has 0 radical (unpaired) electrons. The Morgan fingerprint density at radius 1 is 1.03 bits per heavy atom. The summed E-state index contributed by atoms with van der Waals surface area (Å²) in [6.45, 7) is 7.09. The highest BCUT2D eigenvalue weighted by Gasteiger charge is 2.57. The minimum Gasteiger partial charge on any atom is -0.275 e. The summed E-state index contributed by atoms with van der Waals surface area (Å²) < 4.78 is 30.2. The molecule has 6 nitrogen and oxygen atoms in total. The summed E-state index contributed by atoms with van der Waals surface area (Å²) in [7, 11) is -1.95. The van der Waals surface area contributed by atoms with Crippen LogP contribution in [-0.4, -0.2) is 27.2 Å². The molecule has 4 aromatic rings. The van der Waals surface area contributed by atoms with Crippen LogP contribution in [0.25, 0.3) is 27.7 Å². The fraction of sp³-hybridized carbons (Fsp3) is 0.333. The third-order valence-corrected chi connectivity index (χ3v) is 10.2. The fourth-order valence-electron chi connectivity index (χ4n) is 6.02. The van der Waals surface area contributed by atoms with Crippen LogP contribution in [0.4, 0.5) is 0 Å². The predicted octanol–water partition coefficient (Wildman–Crippen LogP) is 5.51. The maximum atomic E-state index is 13.6. The number of nitrogens with zero attached hydrogens (tertiary/aromatic N) is 4. The molecule has 2 atom stereocenters. The van der Waals surface area contributed by atoms with Crippen molar-refractivity contribution in [2.75, 3.05) is 0 Å². The Bertz CT molecular complexity index is 1580. The molecule has 34 heavy (non-hydrogen) atoms. The topological polar surface area (TPSA) is 69.8 Å². The number of allylic oxidation sites excluding steroid dienone is 2. The Balaban J connectivity index is 1.58. The summed E-state index contributed by atoms with van der Waals surface area (Å²) in [5.41, 5.74) is 4.79. The molecule has 0 N–H and O–H groups in total. The first-order valence-corrected chi connectivity index (χ1v) is 13.1. The Kier molecular flexibility index (Phi) is 4.34. The summed E-state index contributed by atoms with van der Waals surface area (Å²) >= 11 is 0. The Labute approximate surface area is 200 Å². The number of benzene rings is 1. The third-order valence-electron chi connectivity index (χ3n) is 8.51. The highest BCUT2D eigenvalue weighted by atomic mass is 32.2. The van der Waals surface area contributed by atoms with Crippen LogP contribution in [0.15, 0.2) is 72.2 Å². The van der Waals surface area contributed by atoms with Crippen molar-refractivity contribution in [3.05, 3.63) is 72.8 Å². The molecule has 0 saturated heterocycles. The lowest BCUT2D eigenvalue weighted by molar-refractivity contribution is 0.189. The number of aryl methyl sites for hydroxylation is 1. The van der Waals surface area contributed by atoms with Gasteiger partial charge >= 0.3 is 0 Å². The maximum Gasteiger partial charge on any atom is 0.269 e. The van der Waals surface area contributed by atoms with Gasteiger partial charge in [-0.2, -0.15) is 5.10 Å². The van der Waals surface area contributed by atoms with Gasteiger partial charge in [-0.15, -0.1) is 0 Å². The molecular weight excluding hydrogens is 444 g/mol. The van der Waals surface area contributed by atoms with Crippen LogP contribution in [0, 0.1) is 16.7 Å². The average molecular weight is 473 g/mol. The number of rotatable bonds is 4. The predicted molar refractivity (Wildman–Crippen MR) is 134 cm³/mol. The molecule has 0 aliphatic heterocycles. The number of pyridine rings is 1. The van der Waals surface area contributed by atoms with E-state index in [1.807, 2.05) is 25.5 Å². The molecule has 1 unspecified atom stereocenters. The molecule has 174 valence electrons. The van der Waals surface area contributed by atoms with E-state index < -0.39 is 10.0 Å². The second-order valence-electron chi connectivity index (χ2n) is 10.4. The standard InChI is InChI=1S/C27H28N4O2S/c1-26(2)20-10-11-27(26,3)24(13-20)18-12-22-23(19-15-29-30(4)16-19)17-31(25(22)28-14-18)34(32,33)21-8-6-5-7-9-21/h5-9,12-17,20H,10-11H2,1-4H3/t20?,27-/m0/s1. The van der Waals surface area contributed by atoms with E-state index in [0.29, 0.717) is 11.6 Å². The van der Waals surface area contributed by atoms with Gasteiger partial charge < -0.3 is 0 Å². The maximum absolute atomic E-state index is 13.6. The quantitative estimate of drug-likeness (QED) is 0.392. The van der Waals surface area contributed by atoms with E-state index >= 15 is 0 Å². The number of aromatic nitrogens is 4. The number of hydrogen-bond donors (Lipinski definition) is 0. The molecule has 7 heteroatoms. The molecule has 2 bridgehead atoms. The zero-order valence-corrected chi connectivity index (χ0v) is 20.7. The molecular formula is C27H28N4O2S. The van der Waals surface area contributed by atoms with Gasteiger partial charge in [0.2, 0.25) is 0 Å². The summed E-state index contributed by atoms with van der Waals surface area (Å²) in [5.74, 6) is 0.559. The summed E-state index contributed by atoms with van der Waals surface area (Å²) in [4.78, 5) is 4.99. The van der Waals surface area contributed by atoms with E-state index in [2.05, 4.69) is 38.0 Å². The molecule has 1 aromatic carbocycles. The largest absolute Gasteiger partial charge is 0.275 e. The highest BCUT2D eigenvalue weighted by molar-refractivity contribution is 7.90. The molecule has 2 aliphatic carbocycles.